The second kappa shape index (κ2) is 3.49. The van der Waals surface area contributed by atoms with Crippen molar-refractivity contribution in [3.05, 3.63) is 0 Å². The molecule has 2 aliphatic rings. The van der Waals surface area contributed by atoms with E-state index in [1.807, 2.05) is 0 Å². The van der Waals surface area contributed by atoms with Crippen LogP contribution in [-0.2, 0) is 9.84 Å². The summed E-state index contributed by atoms with van der Waals surface area (Å²) in [5.74, 6) is 0.855. The Balaban J connectivity index is 1.99. The molecular formula is C10H19NO2S. The molecule has 82 valence electrons. The highest BCUT2D eigenvalue weighted by atomic mass is 32.2. The summed E-state index contributed by atoms with van der Waals surface area (Å²) in [6, 6.07) is 0. The Morgan fingerprint density at radius 3 is 2.00 bits per heavy atom. The molecule has 14 heavy (non-hydrogen) atoms. The first-order valence-electron chi connectivity index (χ1n) is 5.40. The van der Waals surface area contributed by atoms with Crippen LogP contribution in [0.15, 0.2) is 0 Å². The zero-order chi connectivity index (χ0) is 10.2. The summed E-state index contributed by atoms with van der Waals surface area (Å²) in [7, 11) is -0.540. The molecule has 0 aromatic heterocycles. The van der Waals surface area contributed by atoms with Crippen LogP contribution in [0.3, 0.4) is 0 Å². The minimum Gasteiger partial charge on any atom is -0.306 e. The molecule has 0 aliphatic carbocycles. The van der Waals surface area contributed by atoms with Crippen molar-refractivity contribution in [1.82, 2.24) is 4.90 Å². The maximum absolute atomic E-state index is 11.3. The Labute approximate surface area is 86.4 Å². The van der Waals surface area contributed by atoms with Gasteiger partial charge in [-0.2, -0.15) is 0 Å². The van der Waals surface area contributed by atoms with E-state index >= 15 is 0 Å². The summed E-state index contributed by atoms with van der Waals surface area (Å²) in [4.78, 5) is 2.34. The highest BCUT2D eigenvalue weighted by molar-refractivity contribution is 7.91. The van der Waals surface area contributed by atoms with Gasteiger partial charge in [0.05, 0.1) is 11.5 Å². The standard InChI is InChI=1S/C10H19NO2S/c1-11-6-2-10(3-7-11)4-8-14(12,13)9-5-10/h2-9H2,1H3. The Hall–Kier alpha value is -0.0900. The Bertz CT molecular complexity index is 286. The van der Waals surface area contributed by atoms with Gasteiger partial charge in [0.1, 0.15) is 9.84 Å². The van der Waals surface area contributed by atoms with Crippen LogP contribution in [0.4, 0.5) is 0 Å². The van der Waals surface area contributed by atoms with Gasteiger partial charge in [0, 0.05) is 0 Å². The average molecular weight is 217 g/mol. The molecule has 0 bridgehead atoms. The van der Waals surface area contributed by atoms with Crippen LogP contribution in [0.5, 0.6) is 0 Å². The summed E-state index contributed by atoms with van der Waals surface area (Å²) in [6.07, 6.45) is 4.20. The van der Waals surface area contributed by atoms with E-state index < -0.39 is 9.84 Å². The molecule has 0 N–H and O–H groups in total. The van der Waals surface area contributed by atoms with Crippen LogP contribution in [0.2, 0.25) is 0 Å². The molecule has 0 amide bonds. The molecule has 0 saturated carbocycles. The third-order valence-corrected chi connectivity index (χ3v) is 5.59. The van der Waals surface area contributed by atoms with E-state index in [0.717, 1.165) is 25.9 Å². The van der Waals surface area contributed by atoms with E-state index in [1.165, 1.54) is 12.8 Å². The summed E-state index contributed by atoms with van der Waals surface area (Å²) >= 11 is 0. The Kier molecular flexibility index (Phi) is 2.60. The lowest BCUT2D eigenvalue weighted by molar-refractivity contribution is 0.110. The molecule has 1 spiro atoms. The fraction of sp³-hybridized carbons (Fsp3) is 1.00. The maximum Gasteiger partial charge on any atom is 0.150 e. The maximum atomic E-state index is 11.3. The van der Waals surface area contributed by atoms with E-state index in [4.69, 9.17) is 0 Å². The smallest absolute Gasteiger partial charge is 0.150 e. The number of hydrogen-bond acceptors (Lipinski definition) is 3. The van der Waals surface area contributed by atoms with Crippen molar-refractivity contribution in [2.75, 3.05) is 31.6 Å². The normalized spacial score (nSPS) is 31.8. The van der Waals surface area contributed by atoms with Gasteiger partial charge in [-0.3, -0.25) is 0 Å². The predicted molar refractivity (Wildman–Crippen MR) is 57.1 cm³/mol. The van der Waals surface area contributed by atoms with Crippen molar-refractivity contribution < 1.29 is 8.42 Å². The van der Waals surface area contributed by atoms with Gasteiger partial charge >= 0.3 is 0 Å². The zero-order valence-corrected chi connectivity index (χ0v) is 9.65. The van der Waals surface area contributed by atoms with Crippen molar-refractivity contribution in [1.29, 1.82) is 0 Å². The number of rotatable bonds is 0. The van der Waals surface area contributed by atoms with E-state index in [9.17, 15) is 8.42 Å². The first kappa shape index (κ1) is 10.4. The van der Waals surface area contributed by atoms with Gasteiger partial charge in [0.25, 0.3) is 0 Å². The first-order valence-corrected chi connectivity index (χ1v) is 7.23. The van der Waals surface area contributed by atoms with E-state index in [2.05, 4.69) is 11.9 Å². The van der Waals surface area contributed by atoms with E-state index in [1.54, 1.807) is 0 Å². The zero-order valence-electron chi connectivity index (χ0n) is 8.83. The monoisotopic (exact) mass is 217 g/mol. The van der Waals surface area contributed by atoms with E-state index in [-0.39, 0.29) is 0 Å². The lowest BCUT2D eigenvalue weighted by Gasteiger charge is -2.43. The van der Waals surface area contributed by atoms with Gasteiger partial charge in [-0.1, -0.05) is 0 Å². The summed E-state index contributed by atoms with van der Waals surface area (Å²) in [5, 5.41) is 0. The molecule has 4 heteroatoms. The van der Waals surface area contributed by atoms with E-state index in [0.29, 0.717) is 16.9 Å². The number of sulfone groups is 1. The van der Waals surface area contributed by atoms with Crippen molar-refractivity contribution in [3.8, 4) is 0 Å². The predicted octanol–water partition coefficient (Wildman–Crippen LogP) is 0.907. The molecule has 0 unspecified atom stereocenters. The van der Waals surface area contributed by atoms with Gasteiger partial charge in [-0.15, -0.1) is 0 Å². The van der Waals surface area contributed by atoms with Crippen LogP contribution < -0.4 is 0 Å². The molecule has 0 aromatic carbocycles. The van der Waals surface area contributed by atoms with Gasteiger partial charge in [-0.05, 0) is 51.2 Å². The van der Waals surface area contributed by atoms with Crippen LogP contribution in [0.1, 0.15) is 25.7 Å². The molecule has 2 saturated heterocycles. The second-order valence-electron chi connectivity index (χ2n) is 4.96. The van der Waals surface area contributed by atoms with Crippen molar-refractivity contribution in [3.63, 3.8) is 0 Å². The largest absolute Gasteiger partial charge is 0.306 e. The Morgan fingerprint density at radius 2 is 1.50 bits per heavy atom. The molecule has 0 atom stereocenters. The molecule has 0 radical (unpaired) electrons. The summed E-state index contributed by atoms with van der Waals surface area (Å²) in [6.45, 7) is 2.28. The lowest BCUT2D eigenvalue weighted by atomic mass is 9.74. The molecule has 2 fully saturated rings. The highest BCUT2D eigenvalue weighted by Crippen LogP contribution is 2.41. The van der Waals surface area contributed by atoms with Gasteiger partial charge in [-0.25, -0.2) is 8.42 Å². The Morgan fingerprint density at radius 1 is 1.00 bits per heavy atom. The third-order valence-electron chi connectivity index (χ3n) is 3.93. The van der Waals surface area contributed by atoms with Gasteiger partial charge < -0.3 is 4.90 Å². The van der Waals surface area contributed by atoms with Crippen LogP contribution >= 0.6 is 0 Å². The lowest BCUT2D eigenvalue weighted by Crippen LogP contribution is -2.42. The van der Waals surface area contributed by atoms with Crippen LogP contribution in [0.25, 0.3) is 0 Å². The van der Waals surface area contributed by atoms with Crippen LogP contribution in [-0.4, -0.2) is 45.0 Å². The second-order valence-corrected chi connectivity index (χ2v) is 7.26. The molecule has 2 aliphatic heterocycles. The fourth-order valence-electron chi connectivity index (χ4n) is 2.56. The molecule has 2 rings (SSSR count). The number of likely N-dealkylation sites (tertiary alicyclic amines) is 1. The molecule has 3 nitrogen and oxygen atoms in total. The summed E-state index contributed by atoms with van der Waals surface area (Å²) in [5.41, 5.74) is 0.373. The van der Waals surface area contributed by atoms with Crippen LogP contribution in [0, 0.1) is 5.41 Å². The highest BCUT2D eigenvalue weighted by Gasteiger charge is 2.38. The minimum absolute atomic E-state index is 0.373. The van der Waals surface area contributed by atoms with Gasteiger partial charge in [0.2, 0.25) is 0 Å². The van der Waals surface area contributed by atoms with Crippen molar-refractivity contribution in [2.45, 2.75) is 25.7 Å². The molecule has 0 aromatic rings. The van der Waals surface area contributed by atoms with Crippen molar-refractivity contribution >= 4 is 9.84 Å². The minimum atomic E-state index is -2.69. The number of hydrogen-bond donors (Lipinski definition) is 0. The van der Waals surface area contributed by atoms with Crippen molar-refractivity contribution in [2.24, 2.45) is 5.41 Å². The van der Waals surface area contributed by atoms with Gasteiger partial charge in [0.15, 0.2) is 0 Å². The topological polar surface area (TPSA) is 37.4 Å². The quantitative estimate of drug-likeness (QED) is 0.605. The number of piperidine rings is 1. The fourth-order valence-corrected chi connectivity index (χ4v) is 4.26. The molecular weight excluding hydrogens is 198 g/mol. The molecule has 2 heterocycles. The third kappa shape index (κ3) is 2.11. The first-order chi connectivity index (χ1) is 6.52. The average Bonchev–Trinajstić information content (AvgIpc) is 2.16. The number of nitrogens with zero attached hydrogens (tertiary/aromatic N) is 1. The summed E-state index contributed by atoms with van der Waals surface area (Å²) < 4.78 is 22.7. The SMILES string of the molecule is CN1CCC2(CC1)CCS(=O)(=O)CC2.